The van der Waals surface area contributed by atoms with Gasteiger partial charge in [-0.05, 0) is 43.2 Å². The molecule has 3 rings (SSSR count). The normalized spacial score (nSPS) is 13.4. The van der Waals surface area contributed by atoms with Crippen molar-refractivity contribution in [3.05, 3.63) is 47.8 Å². The molecular formula is C16H19N5O2. The molecule has 1 saturated carbocycles. The first-order valence-electron chi connectivity index (χ1n) is 7.54. The number of carbonyl (C=O) groups is 2. The second-order valence-electron chi connectivity index (χ2n) is 5.58. The molecule has 1 aromatic carbocycles. The van der Waals surface area contributed by atoms with Gasteiger partial charge in [-0.2, -0.15) is 5.10 Å². The summed E-state index contributed by atoms with van der Waals surface area (Å²) in [6.45, 7) is 0.416. The summed E-state index contributed by atoms with van der Waals surface area (Å²) in [4.78, 5) is 23.7. The zero-order chi connectivity index (χ0) is 16.2. The van der Waals surface area contributed by atoms with E-state index < -0.39 is 0 Å². The Bertz CT molecular complexity index is 704. The van der Waals surface area contributed by atoms with Gasteiger partial charge in [-0.25, -0.2) is 4.79 Å². The van der Waals surface area contributed by atoms with E-state index in [0.29, 0.717) is 23.8 Å². The summed E-state index contributed by atoms with van der Waals surface area (Å²) >= 11 is 0. The molecule has 0 atom stereocenters. The second kappa shape index (κ2) is 6.51. The summed E-state index contributed by atoms with van der Waals surface area (Å²) in [7, 11) is 1.83. The van der Waals surface area contributed by atoms with Crippen LogP contribution in [0, 0.1) is 0 Å². The van der Waals surface area contributed by atoms with Crippen LogP contribution < -0.4 is 16.0 Å². The Labute approximate surface area is 134 Å². The summed E-state index contributed by atoms with van der Waals surface area (Å²) in [6, 6.07) is 8.76. The van der Waals surface area contributed by atoms with E-state index in [1.54, 1.807) is 35.1 Å². The van der Waals surface area contributed by atoms with Crippen LogP contribution in [0.1, 0.15) is 28.9 Å². The molecule has 0 aliphatic heterocycles. The summed E-state index contributed by atoms with van der Waals surface area (Å²) in [5.41, 5.74) is 2.13. The number of carbonyl (C=O) groups excluding carboxylic acids is 2. The van der Waals surface area contributed by atoms with Gasteiger partial charge in [-0.3, -0.25) is 9.48 Å². The van der Waals surface area contributed by atoms with E-state index in [4.69, 9.17) is 0 Å². The zero-order valence-corrected chi connectivity index (χ0v) is 12.9. The van der Waals surface area contributed by atoms with E-state index >= 15 is 0 Å². The van der Waals surface area contributed by atoms with Crippen molar-refractivity contribution in [2.24, 2.45) is 7.05 Å². The van der Waals surface area contributed by atoms with Crippen molar-refractivity contribution in [3.8, 4) is 0 Å². The third-order valence-corrected chi connectivity index (χ3v) is 3.67. The van der Waals surface area contributed by atoms with E-state index in [9.17, 15) is 9.59 Å². The average molecular weight is 313 g/mol. The molecule has 1 heterocycles. The fourth-order valence-corrected chi connectivity index (χ4v) is 2.13. The lowest BCUT2D eigenvalue weighted by Gasteiger charge is -2.08. The lowest BCUT2D eigenvalue weighted by Crippen LogP contribution is -2.30. The van der Waals surface area contributed by atoms with Crippen molar-refractivity contribution in [1.29, 1.82) is 0 Å². The molecule has 1 aliphatic rings. The molecule has 0 unspecified atom stereocenters. The van der Waals surface area contributed by atoms with Crippen LogP contribution in [0.15, 0.2) is 36.5 Å². The van der Waals surface area contributed by atoms with Gasteiger partial charge in [0, 0.05) is 30.5 Å². The van der Waals surface area contributed by atoms with Crippen molar-refractivity contribution in [3.63, 3.8) is 0 Å². The zero-order valence-electron chi connectivity index (χ0n) is 12.9. The molecule has 0 spiro atoms. The molecule has 120 valence electrons. The van der Waals surface area contributed by atoms with Gasteiger partial charge in [-0.1, -0.05) is 0 Å². The summed E-state index contributed by atoms with van der Waals surface area (Å²) in [5, 5.41) is 12.5. The second-order valence-corrected chi connectivity index (χ2v) is 5.58. The van der Waals surface area contributed by atoms with Crippen molar-refractivity contribution < 1.29 is 9.59 Å². The first-order chi connectivity index (χ1) is 11.1. The first kappa shape index (κ1) is 15.1. The molecule has 3 N–H and O–H groups in total. The predicted octanol–water partition coefficient (Wildman–Crippen LogP) is 1.63. The minimum absolute atomic E-state index is 0.166. The molecule has 7 heteroatoms. The van der Waals surface area contributed by atoms with Gasteiger partial charge >= 0.3 is 6.03 Å². The lowest BCUT2D eigenvalue weighted by atomic mass is 10.2. The van der Waals surface area contributed by atoms with Crippen LogP contribution in [0.4, 0.5) is 10.5 Å². The molecule has 23 heavy (non-hydrogen) atoms. The number of benzene rings is 1. The van der Waals surface area contributed by atoms with Crippen molar-refractivity contribution in [1.82, 2.24) is 20.4 Å². The molecular weight excluding hydrogens is 294 g/mol. The number of hydrogen-bond donors (Lipinski definition) is 3. The largest absolute Gasteiger partial charge is 0.346 e. The van der Waals surface area contributed by atoms with Crippen LogP contribution in [0.25, 0.3) is 0 Å². The molecule has 1 aromatic heterocycles. The van der Waals surface area contributed by atoms with E-state index in [1.807, 2.05) is 13.1 Å². The number of rotatable bonds is 5. The van der Waals surface area contributed by atoms with Crippen LogP contribution >= 0.6 is 0 Å². The Morgan fingerprint density at radius 2 is 1.96 bits per heavy atom. The maximum absolute atomic E-state index is 12.1. The van der Waals surface area contributed by atoms with Crippen LogP contribution in [-0.4, -0.2) is 27.8 Å². The maximum atomic E-state index is 12.1. The topological polar surface area (TPSA) is 88.1 Å². The highest BCUT2D eigenvalue weighted by molar-refractivity contribution is 5.95. The molecule has 1 fully saturated rings. The smallest absolute Gasteiger partial charge is 0.319 e. The van der Waals surface area contributed by atoms with Gasteiger partial charge in [-0.15, -0.1) is 0 Å². The highest BCUT2D eigenvalue weighted by Gasteiger charge is 2.23. The number of amides is 3. The van der Waals surface area contributed by atoms with Crippen LogP contribution in [0.3, 0.4) is 0 Å². The number of aryl methyl sites for hydroxylation is 1. The van der Waals surface area contributed by atoms with Crippen LogP contribution in [-0.2, 0) is 13.6 Å². The van der Waals surface area contributed by atoms with Gasteiger partial charge in [0.05, 0.1) is 12.2 Å². The van der Waals surface area contributed by atoms with Crippen LogP contribution in [0.2, 0.25) is 0 Å². The third kappa shape index (κ3) is 4.09. The molecule has 0 radical (unpaired) electrons. The molecule has 7 nitrogen and oxygen atoms in total. The fraction of sp³-hybridized carbons (Fsp3) is 0.312. The van der Waals surface area contributed by atoms with Crippen LogP contribution in [0.5, 0.6) is 0 Å². The Morgan fingerprint density at radius 3 is 2.57 bits per heavy atom. The Kier molecular flexibility index (Phi) is 4.27. The monoisotopic (exact) mass is 313 g/mol. The minimum atomic E-state index is -0.207. The Hall–Kier alpha value is -2.83. The number of aromatic nitrogens is 2. The molecule has 0 bridgehead atoms. The van der Waals surface area contributed by atoms with E-state index in [0.717, 1.165) is 18.5 Å². The predicted molar refractivity (Wildman–Crippen MR) is 86.0 cm³/mol. The van der Waals surface area contributed by atoms with Crippen molar-refractivity contribution >= 4 is 17.6 Å². The number of nitrogens with zero attached hydrogens (tertiary/aromatic N) is 2. The Balaban J connectivity index is 1.52. The minimum Gasteiger partial charge on any atom is -0.346 e. The van der Waals surface area contributed by atoms with E-state index in [-0.39, 0.29) is 11.9 Å². The van der Waals surface area contributed by atoms with Gasteiger partial charge < -0.3 is 16.0 Å². The SMILES string of the molecule is Cn1nccc1CNC(=O)c1ccc(NC(=O)NC2CC2)cc1. The third-order valence-electron chi connectivity index (χ3n) is 3.67. The highest BCUT2D eigenvalue weighted by atomic mass is 16.2. The quantitative estimate of drug-likeness (QED) is 0.784. The number of hydrogen-bond acceptors (Lipinski definition) is 3. The van der Waals surface area contributed by atoms with E-state index in [1.165, 1.54) is 0 Å². The number of urea groups is 1. The standard InChI is InChI=1S/C16H19N5O2/c1-21-14(8-9-18-21)10-17-15(22)11-2-4-12(5-3-11)19-16(23)20-13-6-7-13/h2-5,8-9,13H,6-7,10H2,1H3,(H,17,22)(H2,19,20,23). The highest BCUT2D eigenvalue weighted by Crippen LogP contribution is 2.19. The van der Waals surface area contributed by atoms with Crippen molar-refractivity contribution in [2.45, 2.75) is 25.4 Å². The average Bonchev–Trinajstić information content (AvgIpc) is 3.25. The number of anilines is 1. The lowest BCUT2D eigenvalue weighted by molar-refractivity contribution is 0.0950. The summed E-state index contributed by atoms with van der Waals surface area (Å²) < 4.78 is 1.71. The molecule has 3 amide bonds. The maximum Gasteiger partial charge on any atom is 0.319 e. The van der Waals surface area contributed by atoms with E-state index in [2.05, 4.69) is 21.0 Å². The summed E-state index contributed by atoms with van der Waals surface area (Å²) in [6.07, 6.45) is 3.78. The fourth-order valence-electron chi connectivity index (χ4n) is 2.13. The van der Waals surface area contributed by atoms with Gasteiger partial charge in [0.2, 0.25) is 0 Å². The molecule has 2 aromatic rings. The van der Waals surface area contributed by atoms with Gasteiger partial charge in [0.1, 0.15) is 0 Å². The molecule has 0 saturated heterocycles. The first-order valence-corrected chi connectivity index (χ1v) is 7.54. The van der Waals surface area contributed by atoms with Gasteiger partial charge in [0.25, 0.3) is 5.91 Å². The molecule has 1 aliphatic carbocycles. The summed E-state index contributed by atoms with van der Waals surface area (Å²) in [5.74, 6) is -0.166. The number of nitrogens with one attached hydrogen (secondary N) is 3. The van der Waals surface area contributed by atoms with Gasteiger partial charge in [0.15, 0.2) is 0 Å². The van der Waals surface area contributed by atoms with Crippen molar-refractivity contribution in [2.75, 3.05) is 5.32 Å². The Morgan fingerprint density at radius 1 is 1.22 bits per heavy atom.